The highest BCUT2D eigenvalue weighted by Crippen LogP contribution is 1.80. The highest BCUT2D eigenvalue weighted by Gasteiger charge is 1.85. The van der Waals surface area contributed by atoms with Gasteiger partial charge in [0, 0.05) is 20.3 Å². The van der Waals surface area contributed by atoms with Gasteiger partial charge >= 0.3 is 0 Å². The predicted octanol–water partition coefficient (Wildman–Crippen LogP) is 0.149. The van der Waals surface area contributed by atoms with E-state index >= 15 is 0 Å². The zero-order valence-electron chi connectivity index (χ0n) is 5.55. The van der Waals surface area contributed by atoms with E-state index in [1.165, 1.54) is 0 Å². The molecular weight excluding hydrogens is 120 g/mol. The van der Waals surface area contributed by atoms with E-state index in [1.54, 1.807) is 13.4 Å². The van der Waals surface area contributed by atoms with E-state index in [4.69, 9.17) is 9.47 Å². The van der Waals surface area contributed by atoms with Crippen LogP contribution in [0.3, 0.4) is 0 Å². The third-order valence-corrected chi connectivity index (χ3v) is 0.798. The lowest BCUT2D eigenvalue weighted by Gasteiger charge is -1.96. The molecule has 0 fully saturated rings. The Labute approximate surface area is 55.0 Å². The second-order valence-electron chi connectivity index (χ2n) is 1.54. The van der Waals surface area contributed by atoms with Crippen LogP contribution >= 0.6 is 0 Å². The Morgan fingerprint density at radius 3 is 2.78 bits per heavy atom. The van der Waals surface area contributed by atoms with Gasteiger partial charge in [-0.25, -0.2) is 0 Å². The van der Waals surface area contributed by atoms with Crippen LogP contribution in [0, 0.1) is 0 Å². The first-order chi connectivity index (χ1) is 4.41. The summed E-state index contributed by atoms with van der Waals surface area (Å²) in [4.78, 5) is 9.56. The van der Waals surface area contributed by atoms with Crippen LogP contribution in [-0.2, 0) is 14.3 Å². The van der Waals surface area contributed by atoms with Gasteiger partial charge in [0.25, 0.3) is 0 Å². The second kappa shape index (κ2) is 7.59. The van der Waals surface area contributed by atoms with Crippen LogP contribution in [0.15, 0.2) is 0 Å². The van der Waals surface area contributed by atoms with Gasteiger partial charge in [0.1, 0.15) is 6.61 Å². The number of carbonyl (C=O) groups excluding carboxylic acids is 1. The highest BCUT2D eigenvalue weighted by molar-refractivity contribution is 5.51. The molecule has 0 bridgehead atoms. The van der Waals surface area contributed by atoms with Crippen LogP contribution < -0.4 is 0 Å². The fourth-order valence-corrected chi connectivity index (χ4v) is 0.419. The van der Waals surface area contributed by atoms with Crippen molar-refractivity contribution in [2.45, 2.75) is 6.42 Å². The summed E-state index contributed by atoms with van der Waals surface area (Å²) < 4.78 is 9.52. The second-order valence-corrected chi connectivity index (χ2v) is 1.54. The normalized spacial score (nSPS) is 9.44. The van der Waals surface area contributed by atoms with Crippen molar-refractivity contribution in [2.24, 2.45) is 0 Å². The minimum atomic E-state index is 0.0731. The van der Waals surface area contributed by atoms with Gasteiger partial charge in [-0.1, -0.05) is 0 Å². The molecule has 0 heterocycles. The Balaban J connectivity index is 2.66. The topological polar surface area (TPSA) is 35.5 Å². The maximum atomic E-state index is 9.56. The van der Waals surface area contributed by atoms with Crippen molar-refractivity contribution in [3.05, 3.63) is 0 Å². The Morgan fingerprint density at radius 2 is 2.22 bits per heavy atom. The van der Waals surface area contributed by atoms with Crippen LogP contribution in [0.5, 0.6) is 0 Å². The molecule has 0 aromatic rings. The Hall–Kier alpha value is -0.410. The van der Waals surface area contributed by atoms with E-state index in [1.807, 2.05) is 0 Å². The Morgan fingerprint density at radius 1 is 1.44 bits per heavy atom. The Bertz CT molecular complexity index is 63.3. The molecule has 3 nitrogen and oxygen atoms in total. The van der Waals surface area contributed by atoms with Gasteiger partial charge in [-0.05, 0) is 6.42 Å². The number of rotatable bonds is 6. The van der Waals surface area contributed by atoms with E-state index in [2.05, 4.69) is 0 Å². The SMILES string of the molecule is COCCCOC[C]=O. The molecule has 3 heteroatoms. The minimum Gasteiger partial charge on any atom is -0.385 e. The van der Waals surface area contributed by atoms with E-state index in [0.29, 0.717) is 13.2 Å². The van der Waals surface area contributed by atoms with Crippen molar-refractivity contribution >= 4 is 6.29 Å². The zero-order valence-corrected chi connectivity index (χ0v) is 5.55. The highest BCUT2D eigenvalue weighted by atomic mass is 16.5. The van der Waals surface area contributed by atoms with E-state index in [0.717, 1.165) is 6.42 Å². The van der Waals surface area contributed by atoms with Crippen LogP contribution in [0.2, 0.25) is 0 Å². The third kappa shape index (κ3) is 7.59. The van der Waals surface area contributed by atoms with Gasteiger partial charge in [-0.3, -0.25) is 4.79 Å². The number of hydrogen-bond acceptors (Lipinski definition) is 3. The molecule has 0 N–H and O–H groups in total. The molecule has 9 heavy (non-hydrogen) atoms. The van der Waals surface area contributed by atoms with Crippen LogP contribution in [0.1, 0.15) is 6.42 Å². The minimum absolute atomic E-state index is 0.0731. The quantitative estimate of drug-likeness (QED) is 0.481. The lowest BCUT2D eigenvalue weighted by molar-refractivity contribution is 0.124. The van der Waals surface area contributed by atoms with Gasteiger partial charge in [0.2, 0.25) is 6.29 Å². The molecule has 0 aliphatic heterocycles. The van der Waals surface area contributed by atoms with Crippen LogP contribution in [0.4, 0.5) is 0 Å². The fourth-order valence-electron chi connectivity index (χ4n) is 0.419. The van der Waals surface area contributed by atoms with Crippen molar-refractivity contribution in [3.8, 4) is 0 Å². The van der Waals surface area contributed by atoms with E-state index in [-0.39, 0.29) is 6.61 Å². The van der Waals surface area contributed by atoms with Crippen LogP contribution in [0.25, 0.3) is 0 Å². The molecule has 0 spiro atoms. The summed E-state index contributed by atoms with van der Waals surface area (Å²) in [7, 11) is 1.63. The molecule has 53 valence electrons. The molecule has 0 amide bonds. The fraction of sp³-hybridized carbons (Fsp3) is 0.833. The van der Waals surface area contributed by atoms with Gasteiger partial charge in [0.05, 0.1) is 0 Å². The third-order valence-electron chi connectivity index (χ3n) is 0.798. The van der Waals surface area contributed by atoms with Gasteiger partial charge in [0.15, 0.2) is 0 Å². The molecule has 0 saturated carbocycles. The molecule has 0 aromatic carbocycles. The summed E-state index contributed by atoms with van der Waals surface area (Å²) in [5.74, 6) is 0. The van der Waals surface area contributed by atoms with Crippen LogP contribution in [-0.4, -0.2) is 33.2 Å². The maximum Gasteiger partial charge on any atom is 0.226 e. The molecular formula is C6H11O3. The van der Waals surface area contributed by atoms with Crippen molar-refractivity contribution in [1.29, 1.82) is 0 Å². The van der Waals surface area contributed by atoms with E-state index in [9.17, 15) is 4.79 Å². The van der Waals surface area contributed by atoms with Gasteiger partial charge in [-0.15, -0.1) is 0 Å². The molecule has 0 aromatic heterocycles. The molecule has 0 rings (SSSR count). The molecule has 0 aliphatic carbocycles. The molecule has 0 atom stereocenters. The van der Waals surface area contributed by atoms with Gasteiger partial charge < -0.3 is 9.47 Å². The first-order valence-electron chi connectivity index (χ1n) is 2.83. The van der Waals surface area contributed by atoms with Crippen molar-refractivity contribution in [1.82, 2.24) is 0 Å². The van der Waals surface area contributed by atoms with E-state index < -0.39 is 0 Å². The summed E-state index contributed by atoms with van der Waals surface area (Å²) >= 11 is 0. The summed E-state index contributed by atoms with van der Waals surface area (Å²) in [5.41, 5.74) is 0. The first-order valence-corrected chi connectivity index (χ1v) is 2.83. The maximum absolute atomic E-state index is 9.56. The van der Waals surface area contributed by atoms with Crippen molar-refractivity contribution in [2.75, 3.05) is 26.9 Å². The summed E-state index contributed by atoms with van der Waals surface area (Å²) in [5, 5.41) is 0. The smallest absolute Gasteiger partial charge is 0.226 e. The summed E-state index contributed by atoms with van der Waals surface area (Å²) in [6, 6.07) is 0. The largest absolute Gasteiger partial charge is 0.385 e. The zero-order chi connectivity index (χ0) is 6.95. The predicted molar refractivity (Wildman–Crippen MR) is 33.0 cm³/mol. The first kappa shape index (κ1) is 8.59. The summed E-state index contributed by atoms with van der Waals surface area (Å²) in [6.45, 7) is 1.33. The lowest BCUT2D eigenvalue weighted by atomic mass is 10.5. The molecule has 0 unspecified atom stereocenters. The lowest BCUT2D eigenvalue weighted by Crippen LogP contribution is -2.00. The van der Waals surface area contributed by atoms with Crippen molar-refractivity contribution < 1.29 is 14.3 Å². The number of methoxy groups -OCH3 is 1. The monoisotopic (exact) mass is 131 g/mol. The average molecular weight is 131 g/mol. The average Bonchev–Trinajstić information content (AvgIpc) is 1.89. The number of ether oxygens (including phenoxy) is 2. The summed E-state index contributed by atoms with van der Waals surface area (Å²) in [6.07, 6.45) is 2.46. The van der Waals surface area contributed by atoms with Gasteiger partial charge in [-0.2, -0.15) is 0 Å². The standard InChI is InChI=1S/C6H11O3/c1-8-4-2-5-9-6-3-7/h2,4-6H2,1H3. The molecule has 0 saturated heterocycles. The van der Waals surface area contributed by atoms with Crippen molar-refractivity contribution in [3.63, 3.8) is 0 Å². The Kier molecular flexibility index (Phi) is 7.24. The number of hydrogen-bond donors (Lipinski definition) is 0. The molecule has 1 radical (unpaired) electrons. The molecule has 0 aliphatic rings.